The molecule has 12 heteroatoms. The summed E-state index contributed by atoms with van der Waals surface area (Å²) in [5.74, 6) is 0. The molecule has 0 N–H and O–H groups in total. The monoisotopic (exact) mass is 1890 g/mol. The van der Waals surface area contributed by atoms with E-state index in [2.05, 4.69) is 472 Å². The van der Waals surface area contributed by atoms with E-state index in [9.17, 15) is 5.48 Å². The number of rotatable bonds is 24. The summed E-state index contributed by atoms with van der Waals surface area (Å²) in [6, 6.07) is 45.6. The molecule has 0 atom stereocenters. The third kappa shape index (κ3) is 39.7. The van der Waals surface area contributed by atoms with Gasteiger partial charge in [0.25, 0.3) is 0 Å². The van der Waals surface area contributed by atoms with E-state index in [1.807, 2.05) is 36.4 Å². The first-order valence-corrected chi connectivity index (χ1v) is 91.0. The van der Waals surface area contributed by atoms with Gasteiger partial charge in [0, 0.05) is 105 Å². The fourth-order valence-corrected chi connectivity index (χ4v) is 92.6. The van der Waals surface area contributed by atoms with Crippen LogP contribution in [0.15, 0.2) is 127 Å². The highest BCUT2D eigenvalue weighted by Crippen LogP contribution is 2.47. The van der Waals surface area contributed by atoms with Crippen molar-refractivity contribution in [3.05, 3.63) is 211 Å². The molecule has 0 heterocycles. The molecule has 0 aliphatic carbocycles. The molecule has 702 valence electrons. The molecule has 0 spiro atoms. The summed E-state index contributed by atoms with van der Waals surface area (Å²) < 4.78 is 56.8. The quantitative estimate of drug-likeness (QED) is 0.0530. The summed E-state index contributed by atoms with van der Waals surface area (Å²) in [5, 5.41) is 3.03. The molecule has 0 bridgehead atoms. The van der Waals surface area contributed by atoms with Crippen molar-refractivity contribution in [2.24, 2.45) is 0 Å². The van der Waals surface area contributed by atoms with Crippen LogP contribution in [0.5, 0.6) is 0 Å². The first-order chi connectivity index (χ1) is 56.5. The fraction of sp³-hybridized carbons (Fsp3) is 0.676. The molecule has 0 aliphatic rings. The fourth-order valence-electron chi connectivity index (χ4n) is 21.7. The van der Waals surface area contributed by atoms with Crippen molar-refractivity contribution in [3.8, 4) is 0 Å². The van der Waals surface area contributed by atoms with Gasteiger partial charge in [-0.25, -0.2) is 0 Å². The Balaban J connectivity index is 0.000000804. The Morgan fingerprint density at radius 1 is 0.187 bits per heavy atom. The van der Waals surface area contributed by atoms with E-state index in [4.69, 9.17) is 2.74 Å². The summed E-state index contributed by atoms with van der Waals surface area (Å²) >= 11 is 0. The van der Waals surface area contributed by atoms with E-state index in [0.717, 1.165) is 43.3 Å². The van der Waals surface area contributed by atoms with Crippen molar-refractivity contribution in [2.75, 3.05) is 0 Å². The van der Waals surface area contributed by atoms with Crippen LogP contribution in [0.2, 0.25) is 267 Å². The molecule has 6 aromatic rings. The maximum absolute atomic E-state index is 9.64. The summed E-state index contributed by atoms with van der Waals surface area (Å²) in [5.41, 5.74) is 20.4. The van der Waals surface area contributed by atoms with Gasteiger partial charge in [-0.15, -0.1) is 0 Å². The van der Waals surface area contributed by atoms with Crippen LogP contribution in [0.1, 0.15) is 216 Å². The zero-order valence-electron chi connectivity index (χ0n) is 98.7. The van der Waals surface area contributed by atoms with Gasteiger partial charge in [0.05, 0.1) is 0 Å². The second kappa shape index (κ2) is 44.2. The first-order valence-electron chi connectivity index (χ1n) is 51.1. The van der Waals surface area contributed by atoms with Crippen LogP contribution < -0.4 is 0 Å². The van der Waals surface area contributed by atoms with E-state index in [0.29, 0.717) is 0 Å². The maximum atomic E-state index is 9.64. The minimum absolute atomic E-state index is 0.0273. The van der Waals surface area contributed by atoms with E-state index in [1.54, 1.807) is 27.8 Å². The molecule has 0 saturated heterocycles. The third-order valence-corrected chi connectivity index (χ3v) is 81.4. The summed E-state index contributed by atoms with van der Waals surface area (Å²) in [4.78, 5) is 0. The summed E-state index contributed by atoms with van der Waals surface area (Å²) in [7, 11) is -17.8. The molecule has 0 aliphatic heterocycles. The Bertz CT molecular complexity index is 4260. The second-order valence-electron chi connectivity index (χ2n) is 56.9. The lowest BCUT2D eigenvalue weighted by Gasteiger charge is -2.41. The molecule has 0 saturated carbocycles. The van der Waals surface area contributed by atoms with Gasteiger partial charge < -0.3 is 0 Å². The molecule has 6 rings (SSSR count). The van der Waals surface area contributed by atoms with Gasteiger partial charge in [-0.2, -0.15) is 0 Å². The molecule has 0 nitrogen and oxygen atoms in total. The largest absolute Gasteiger partial charge is 0.0695 e. The van der Waals surface area contributed by atoms with Crippen LogP contribution >= 0.6 is 0 Å². The Morgan fingerprint density at radius 2 is 0.366 bits per heavy atom. The summed E-state index contributed by atoms with van der Waals surface area (Å²) in [6.07, 6.45) is -0.334. The van der Waals surface area contributed by atoms with Crippen molar-refractivity contribution < 1.29 is 8.22 Å². The molecule has 6 aromatic carbocycles. The lowest BCUT2D eigenvalue weighted by Crippen LogP contribution is -2.46. The van der Waals surface area contributed by atoms with Gasteiger partial charge in [-0.1, -0.05) is 488 Å². The number of hydrogen-bond donors (Lipinski definition) is 0. The van der Waals surface area contributed by atoms with E-state index in [-0.39, 0.29) is 48.0 Å². The van der Waals surface area contributed by atoms with Crippen LogP contribution in [0, 0.1) is 20.8 Å². The molecule has 123 heavy (non-hydrogen) atoms. The number of aryl methyl sites for hydroxylation is 3. The van der Waals surface area contributed by atoms with Gasteiger partial charge in [-0.3, -0.25) is 0 Å². The van der Waals surface area contributed by atoms with Gasteiger partial charge >= 0.3 is 0 Å². The van der Waals surface area contributed by atoms with Crippen LogP contribution in [0.4, 0.5) is 0 Å². The molecular weight excluding hydrogens is 1670 g/mol. The highest BCUT2D eigenvalue weighted by molar-refractivity contribution is 6.99. The van der Waals surface area contributed by atoms with Crippen LogP contribution in [0.3, 0.4) is 0 Å². The van der Waals surface area contributed by atoms with Crippen molar-refractivity contribution in [1.82, 2.24) is 0 Å². The van der Waals surface area contributed by atoms with E-state index in [1.165, 1.54) is 47.1 Å². The molecule has 0 unspecified atom stereocenters. The SMILES string of the molecule is CC(C)(C)c1c(CC([Si](C)(C)C)[Si](C)(C)C)cccc1CC([Si](C)(C)C)[Si](C)(C)C.CC(C)(C)c1ccccc1CC([Si](C)(C)C)[Si](C)(C)C.Cc1cccc(C)c1C(C)(C)C.Cc1ccccc1C(C)(C)C.[2H]C([2H])(c1cccc(C([2H])([2H])C([Si](C)(C)C)[Si](C)(C)C)c1C(C)(C)C)C([Si](C)(C)C)[Si](C)(C)C.[2H]C([2H])(c1ccccc1C(C)(C)C)C([Si](C)(C)C)[Si](C)(C)C. The molecule has 0 aromatic heterocycles. The third-order valence-electron chi connectivity index (χ3n) is 25.2. The highest BCUT2D eigenvalue weighted by Gasteiger charge is 2.45. The molecule has 0 radical (unpaired) electrons. The Labute approximate surface area is 792 Å². The molecule has 0 amide bonds. The summed E-state index contributed by atoms with van der Waals surface area (Å²) in [6.45, 7) is 136. The normalized spacial score (nSPS) is 15.0. The second-order valence-corrected chi connectivity index (χ2v) is 125. The van der Waals surface area contributed by atoms with Gasteiger partial charge in [0.1, 0.15) is 0 Å². The highest BCUT2D eigenvalue weighted by atomic mass is 28.4. The lowest BCUT2D eigenvalue weighted by molar-refractivity contribution is 0.573. The van der Waals surface area contributed by atoms with E-state index >= 15 is 0 Å². The van der Waals surface area contributed by atoms with Gasteiger partial charge in [-0.05, 0) is 206 Å². The van der Waals surface area contributed by atoms with Gasteiger partial charge in [0.2, 0.25) is 0 Å². The van der Waals surface area contributed by atoms with Crippen LogP contribution in [-0.2, 0) is 70.9 Å². The number of benzene rings is 6. The lowest BCUT2D eigenvalue weighted by atomic mass is 9.79. The zero-order chi connectivity index (χ0) is 103. The molecular formula is C111H210Si12. The topological polar surface area (TPSA) is 0 Å². The van der Waals surface area contributed by atoms with Crippen LogP contribution in [-0.4, -0.2) is 96.9 Å². The van der Waals surface area contributed by atoms with Crippen LogP contribution in [0.25, 0.3) is 0 Å². The number of hydrogen-bond acceptors (Lipinski definition) is 0. The van der Waals surface area contributed by atoms with Crippen molar-refractivity contribution in [2.45, 2.75) is 483 Å². The minimum Gasteiger partial charge on any atom is -0.0695 e. The smallest absolute Gasteiger partial charge is 0.0450 e. The Hall–Kier alpha value is -2.08. The predicted octanol–water partition coefficient (Wildman–Crippen LogP) is 37.6. The van der Waals surface area contributed by atoms with Crippen molar-refractivity contribution >= 4 is 96.9 Å². The van der Waals surface area contributed by atoms with Crippen molar-refractivity contribution in [1.29, 1.82) is 0 Å². The molecule has 0 fully saturated rings. The van der Waals surface area contributed by atoms with E-state index < -0.39 is 116 Å². The zero-order valence-corrected chi connectivity index (χ0v) is 105. The predicted molar refractivity (Wildman–Crippen MR) is 610 cm³/mol. The minimum atomic E-state index is -1.86. The Kier molecular flexibility index (Phi) is 38.8. The standard InChI is InChI=1S/2C26H54Si4.2C18H34Si2.C12H18.C11H16/c2*1-26(2,3)25-21(19-23(27(4,5)6)28(7,8)9)17-16-18-22(25)20-24(29(10,11)12)30(13,14)15;2*1-18(2,3)16-13-11-10-12-15(16)14-17(19(4,5)6)20(7,8)9;1-9-7-6-8-10(2)11(9)12(3,4)5;1-9-7-5-6-8-10(9)11(2,3)4/h2*16-18,23-24H,19-20H2,1-15H3;2*10-13,17H,14H2,1-9H3;6-8H,1-5H3;5-8H,1-4H3/i19D2,20D2;;14D2;;;. The first kappa shape index (κ1) is 108. The average molecular weight is 1890 g/mol. The van der Waals surface area contributed by atoms with Crippen molar-refractivity contribution in [3.63, 3.8) is 0 Å². The average Bonchev–Trinajstić information content (AvgIpc) is 0.717. The maximum Gasteiger partial charge on any atom is 0.0450 e. The van der Waals surface area contributed by atoms with Gasteiger partial charge in [0.15, 0.2) is 0 Å². The Morgan fingerprint density at radius 3 is 0.593 bits per heavy atom.